The minimum absolute atomic E-state index is 0.0526. The van der Waals surface area contributed by atoms with E-state index < -0.39 is 0 Å². The third kappa shape index (κ3) is 2.36. The predicted molar refractivity (Wildman–Crippen MR) is 64.9 cm³/mol. The van der Waals surface area contributed by atoms with E-state index in [1.165, 1.54) is 0 Å². The molecule has 0 saturated carbocycles. The quantitative estimate of drug-likeness (QED) is 0.341. The van der Waals surface area contributed by atoms with E-state index >= 15 is 0 Å². The molecule has 0 amide bonds. The lowest BCUT2D eigenvalue weighted by Crippen LogP contribution is -2.16. The van der Waals surface area contributed by atoms with Gasteiger partial charge in [-0.15, -0.1) is 0 Å². The van der Waals surface area contributed by atoms with Gasteiger partial charge in [0.25, 0.3) is 5.78 Å². The zero-order valence-electron chi connectivity index (χ0n) is 9.08. The fourth-order valence-corrected chi connectivity index (χ4v) is 1.56. The maximum atomic E-state index is 12.1. The molecule has 0 unspecified atom stereocenters. The van der Waals surface area contributed by atoms with Gasteiger partial charge < -0.3 is 5.53 Å². The van der Waals surface area contributed by atoms with Crippen LogP contribution in [-0.4, -0.2) is 16.3 Å². The standard InChI is InChI=1S/C14H10N2O/c15-16-13(11-7-3-1-4-8-11)14(17)12-9-5-2-6-10-12/h1-10H. The van der Waals surface area contributed by atoms with Gasteiger partial charge in [-0.2, -0.15) is 4.79 Å². The van der Waals surface area contributed by atoms with Crippen LogP contribution in [0.1, 0.15) is 15.9 Å². The summed E-state index contributed by atoms with van der Waals surface area (Å²) in [5.41, 5.74) is 10.1. The van der Waals surface area contributed by atoms with E-state index in [0.717, 1.165) is 0 Å². The first-order valence-electron chi connectivity index (χ1n) is 5.20. The molecule has 0 aliphatic rings. The highest BCUT2D eigenvalue weighted by molar-refractivity contribution is 6.49. The van der Waals surface area contributed by atoms with Crippen LogP contribution in [0.4, 0.5) is 0 Å². The number of ketones is 1. The SMILES string of the molecule is [N-]=[N+]=C(C(=O)c1ccccc1)c1ccccc1. The van der Waals surface area contributed by atoms with Crippen molar-refractivity contribution in [3.8, 4) is 0 Å². The van der Waals surface area contributed by atoms with Gasteiger partial charge in [0.15, 0.2) is 0 Å². The van der Waals surface area contributed by atoms with Crippen molar-refractivity contribution in [3.63, 3.8) is 0 Å². The van der Waals surface area contributed by atoms with Gasteiger partial charge in [-0.3, -0.25) is 4.79 Å². The lowest BCUT2D eigenvalue weighted by molar-refractivity contribution is -0.00497. The minimum Gasteiger partial charge on any atom is -0.361 e. The molecular formula is C14H10N2O. The first kappa shape index (κ1) is 11.0. The molecule has 0 N–H and O–H groups in total. The highest BCUT2D eigenvalue weighted by atomic mass is 16.1. The number of hydrogen-bond donors (Lipinski definition) is 0. The van der Waals surface area contributed by atoms with Gasteiger partial charge in [-0.25, -0.2) is 0 Å². The van der Waals surface area contributed by atoms with Gasteiger partial charge in [0.2, 0.25) is 0 Å². The second-order valence-electron chi connectivity index (χ2n) is 3.51. The number of hydrogen-bond acceptors (Lipinski definition) is 1. The summed E-state index contributed by atoms with van der Waals surface area (Å²) in [6.45, 7) is 0. The van der Waals surface area contributed by atoms with Crippen molar-refractivity contribution in [3.05, 3.63) is 77.3 Å². The number of carbonyl (C=O) groups excluding carboxylic acids is 1. The number of rotatable bonds is 3. The van der Waals surface area contributed by atoms with Crippen molar-refractivity contribution in [1.29, 1.82) is 0 Å². The van der Waals surface area contributed by atoms with Gasteiger partial charge in [0.1, 0.15) is 0 Å². The predicted octanol–water partition coefficient (Wildman–Crippen LogP) is 2.59. The first-order valence-corrected chi connectivity index (χ1v) is 5.20. The number of Topliss-reactive ketones (excluding diaryl/α,β-unsaturated/α-hetero) is 1. The molecule has 2 rings (SSSR count). The Balaban J connectivity index is 2.40. The smallest absolute Gasteiger partial charge is 0.361 e. The Morgan fingerprint density at radius 3 is 1.76 bits per heavy atom. The van der Waals surface area contributed by atoms with Gasteiger partial charge in [0, 0.05) is 5.56 Å². The fraction of sp³-hybridized carbons (Fsp3) is 0. The normalized spacial score (nSPS) is 9.41. The van der Waals surface area contributed by atoms with Crippen molar-refractivity contribution in [2.75, 3.05) is 0 Å². The van der Waals surface area contributed by atoms with Crippen molar-refractivity contribution in [2.24, 2.45) is 0 Å². The summed E-state index contributed by atoms with van der Waals surface area (Å²) >= 11 is 0. The first-order chi connectivity index (χ1) is 8.33. The van der Waals surface area contributed by atoms with Crippen LogP contribution in [0.5, 0.6) is 0 Å². The molecule has 0 atom stereocenters. The molecule has 82 valence electrons. The van der Waals surface area contributed by atoms with E-state index in [1.807, 2.05) is 12.1 Å². The molecule has 0 radical (unpaired) electrons. The van der Waals surface area contributed by atoms with E-state index in [4.69, 9.17) is 5.53 Å². The summed E-state index contributed by atoms with van der Waals surface area (Å²) in [7, 11) is 0. The highest BCUT2D eigenvalue weighted by Crippen LogP contribution is 2.07. The summed E-state index contributed by atoms with van der Waals surface area (Å²) in [5, 5.41) is 0. The summed E-state index contributed by atoms with van der Waals surface area (Å²) in [5.74, 6) is -0.292. The highest BCUT2D eigenvalue weighted by Gasteiger charge is 2.23. The molecular weight excluding hydrogens is 212 g/mol. The number of benzene rings is 2. The molecule has 0 aliphatic heterocycles. The summed E-state index contributed by atoms with van der Waals surface area (Å²) in [6, 6.07) is 17.6. The molecule has 2 aromatic carbocycles. The third-order valence-corrected chi connectivity index (χ3v) is 2.40. The van der Waals surface area contributed by atoms with Crippen LogP contribution in [-0.2, 0) is 0 Å². The average Bonchev–Trinajstić information content (AvgIpc) is 2.42. The van der Waals surface area contributed by atoms with Crippen molar-refractivity contribution in [2.45, 2.75) is 0 Å². The van der Waals surface area contributed by atoms with Crippen molar-refractivity contribution >= 4 is 11.5 Å². The molecule has 0 spiro atoms. The molecule has 2 aromatic rings. The lowest BCUT2D eigenvalue weighted by Gasteiger charge is -1.96. The molecule has 0 aromatic heterocycles. The minimum atomic E-state index is -0.292. The van der Waals surface area contributed by atoms with Crippen LogP contribution in [0.3, 0.4) is 0 Å². The van der Waals surface area contributed by atoms with E-state index in [9.17, 15) is 4.79 Å². The fourth-order valence-electron chi connectivity index (χ4n) is 1.56. The molecule has 3 heteroatoms. The number of carbonyl (C=O) groups is 1. The van der Waals surface area contributed by atoms with Crippen LogP contribution in [0.2, 0.25) is 0 Å². The van der Waals surface area contributed by atoms with Crippen molar-refractivity contribution in [1.82, 2.24) is 0 Å². The topological polar surface area (TPSA) is 53.5 Å². The summed E-state index contributed by atoms with van der Waals surface area (Å²) < 4.78 is 0. The van der Waals surface area contributed by atoms with Crippen molar-refractivity contribution < 1.29 is 9.58 Å². The van der Waals surface area contributed by atoms with Gasteiger partial charge in [-0.05, 0) is 12.1 Å². The Hall–Kier alpha value is -2.51. The monoisotopic (exact) mass is 222 g/mol. The average molecular weight is 222 g/mol. The Labute approximate surface area is 99.0 Å². The molecule has 0 saturated heterocycles. The van der Waals surface area contributed by atoms with Crippen LogP contribution in [0, 0.1) is 0 Å². The zero-order chi connectivity index (χ0) is 12.1. The molecule has 0 heterocycles. The molecule has 0 aliphatic carbocycles. The zero-order valence-corrected chi connectivity index (χ0v) is 9.08. The summed E-state index contributed by atoms with van der Waals surface area (Å²) in [4.78, 5) is 15.2. The van der Waals surface area contributed by atoms with Crippen LogP contribution >= 0.6 is 0 Å². The maximum absolute atomic E-state index is 12.1. The third-order valence-electron chi connectivity index (χ3n) is 2.40. The van der Waals surface area contributed by atoms with Gasteiger partial charge >= 0.3 is 5.71 Å². The van der Waals surface area contributed by atoms with E-state index in [0.29, 0.717) is 11.1 Å². The van der Waals surface area contributed by atoms with Crippen LogP contribution < -0.4 is 0 Å². The molecule has 0 fully saturated rings. The lowest BCUT2D eigenvalue weighted by atomic mass is 10.0. The van der Waals surface area contributed by atoms with E-state index in [1.54, 1.807) is 48.5 Å². The Kier molecular flexibility index (Phi) is 3.24. The summed E-state index contributed by atoms with van der Waals surface area (Å²) in [6.07, 6.45) is 0. The second kappa shape index (κ2) is 5.01. The van der Waals surface area contributed by atoms with Crippen LogP contribution in [0.15, 0.2) is 60.7 Å². The molecule has 3 nitrogen and oxygen atoms in total. The maximum Gasteiger partial charge on any atom is 0.369 e. The molecule has 17 heavy (non-hydrogen) atoms. The van der Waals surface area contributed by atoms with Gasteiger partial charge in [0.05, 0.1) is 5.56 Å². The Morgan fingerprint density at radius 1 is 0.824 bits per heavy atom. The Bertz CT molecular complexity index is 570. The molecule has 0 bridgehead atoms. The number of nitrogens with zero attached hydrogens (tertiary/aromatic N) is 2. The van der Waals surface area contributed by atoms with Crippen LogP contribution in [0.25, 0.3) is 5.53 Å². The van der Waals surface area contributed by atoms with E-state index in [2.05, 4.69) is 4.79 Å². The van der Waals surface area contributed by atoms with Gasteiger partial charge in [-0.1, -0.05) is 48.5 Å². The second-order valence-corrected chi connectivity index (χ2v) is 3.51. The van der Waals surface area contributed by atoms with E-state index in [-0.39, 0.29) is 11.5 Å². The largest absolute Gasteiger partial charge is 0.369 e. The Morgan fingerprint density at radius 2 is 1.29 bits per heavy atom.